The molecule has 5 heteroatoms. The number of ether oxygens (including phenoxy) is 1. The lowest BCUT2D eigenvalue weighted by atomic mass is 10.2. The minimum Gasteiger partial charge on any atom is -0.374 e. The number of morpholine rings is 1. The Bertz CT molecular complexity index is 387. The summed E-state index contributed by atoms with van der Waals surface area (Å²) in [6, 6.07) is 0.376. The molecule has 0 bridgehead atoms. The molecule has 3 aliphatic rings. The van der Waals surface area contributed by atoms with Crippen LogP contribution in [0.3, 0.4) is 0 Å². The molecule has 1 atom stereocenters. The second kappa shape index (κ2) is 6.79. The first kappa shape index (κ1) is 14.9. The van der Waals surface area contributed by atoms with E-state index < -0.39 is 0 Å². The van der Waals surface area contributed by atoms with Crippen molar-refractivity contribution in [2.75, 3.05) is 39.8 Å². The maximum atomic E-state index is 12.5. The molecule has 1 N–H and O–H groups in total. The van der Waals surface area contributed by atoms with E-state index in [1.54, 1.807) is 0 Å². The van der Waals surface area contributed by atoms with Gasteiger partial charge in [-0.05, 0) is 38.6 Å². The molecule has 2 fully saturated rings. The van der Waals surface area contributed by atoms with Gasteiger partial charge in [0.05, 0.1) is 12.7 Å². The van der Waals surface area contributed by atoms with Crippen molar-refractivity contribution in [3.63, 3.8) is 0 Å². The average Bonchev–Trinajstić information content (AvgIpc) is 3.13. The Labute approximate surface area is 127 Å². The molecule has 0 radical (unpaired) electrons. The molecule has 5 nitrogen and oxygen atoms in total. The first-order valence-electron chi connectivity index (χ1n) is 8.21. The number of nitrogens with one attached hydrogen (secondary N) is 1. The van der Waals surface area contributed by atoms with E-state index in [2.05, 4.69) is 29.4 Å². The predicted molar refractivity (Wildman–Crippen MR) is 82.2 cm³/mol. The number of rotatable bonds is 5. The summed E-state index contributed by atoms with van der Waals surface area (Å²) in [4.78, 5) is 16.8. The number of hydrogen-bond acceptors (Lipinski definition) is 3. The lowest BCUT2D eigenvalue weighted by molar-refractivity contribution is -0.0309. The van der Waals surface area contributed by atoms with Crippen LogP contribution < -0.4 is 5.32 Å². The Morgan fingerprint density at radius 3 is 2.76 bits per heavy atom. The summed E-state index contributed by atoms with van der Waals surface area (Å²) in [6.45, 7) is 4.27. The molecule has 1 unspecified atom stereocenters. The fourth-order valence-electron chi connectivity index (χ4n) is 3.08. The minimum atomic E-state index is 0.0902. The van der Waals surface area contributed by atoms with Gasteiger partial charge in [-0.25, -0.2) is 4.79 Å². The summed E-state index contributed by atoms with van der Waals surface area (Å²) < 4.78 is 5.83. The molecule has 21 heavy (non-hydrogen) atoms. The summed E-state index contributed by atoms with van der Waals surface area (Å²) in [5.41, 5.74) is 0. The van der Waals surface area contributed by atoms with Crippen molar-refractivity contribution in [2.45, 2.75) is 37.8 Å². The molecule has 0 aromatic heterocycles. The van der Waals surface area contributed by atoms with E-state index >= 15 is 0 Å². The summed E-state index contributed by atoms with van der Waals surface area (Å²) in [5, 5.41) is 3.17. The number of urea groups is 1. The highest BCUT2D eigenvalue weighted by Gasteiger charge is 2.30. The highest BCUT2D eigenvalue weighted by molar-refractivity contribution is 5.74. The Morgan fingerprint density at radius 1 is 1.33 bits per heavy atom. The van der Waals surface area contributed by atoms with Crippen LogP contribution in [0.4, 0.5) is 4.79 Å². The van der Waals surface area contributed by atoms with Crippen molar-refractivity contribution >= 4 is 6.03 Å². The monoisotopic (exact) mass is 293 g/mol. The topological polar surface area (TPSA) is 44.8 Å². The van der Waals surface area contributed by atoms with E-state index in [1.807, 2.05) is 4.90 Å². The molecule has 2 amide bonds. The van der Waals surface area contributed by atoms with Crippen LogP contribution in [-0.4, -0.2) is 67.8 Å². The molecule has 1 heterocycles. The summed E-state index contributed by atoms with van der Waals surface area (Å²) in [5.74, 6) is 0.707. The Hall–Kier alpha value is -1.07. The van der Waals surface area contributed by atoms with Gasteiger partial charge in [-0.15, -0.1) is 0 Å². The highest BCUT2D eigenvalue weighted by atomic mass is 16.5. The van der Waals surface area contributed by atoms with Crippen LogP contribution >= 0.6 is 0 Å². The standard InChI is InChI=1S/C16H27N3O2/c1-18-8-9-21-15(11-18)12-19(10-13-6-7-13)16(20)17-14-4-2-3-5-14/h2-3,13-15H,4-12H2,1H3,(H,17,20). The van der Waals surface area contributed by atoms with Gasteiger partial charge in [0, 0.05) is 32.2 Å². The van der Waals surface area contributed by atoms with Crippen molar-refractivity contribution in [3.05, 3.63) is 12.2 Å². The van der Waals surface area contributed by atoms with Crippen LogP contribution in [0.2, 0.25) is 0 Å². The van der Waals surface area contributed by atoms with Gasteiger partial charge >= 0.3 is 6.03 Å². The first-order chi connectivity index (χ1) is 10.2. The van der Waals surface area contributed by atoms with E-state index in [1.165, 1.54) is 12.8 Å². The number of carbonyl (C=O) groups excluding carboxylic acids is 1. The summed E-state index contributed by atoms with van der Waals surface area (Å²) in [6.07, 6.45) is 8.90. The number of carbonyl (C=O) groups is 1. The predicted octanol–water partition coefficient (Wildman–Crippen LogP) is 1.46. The van der Waals surface area contributed by atoms with E-state index in [0.717, 1.165) is 39.1 Å². The molecular formula is C16H27N3O2. The molecule has 0 aromatic carbocycles. The van der Waals surface area contributed by atoms with Crippen molar-refractivity contribution in [1.82, 2.24) is 15.1 Å². The third kappa shape index (κ3) is 4.45. The van der Waals surface area contributed by atoms with Gasteiger partial charge in [-0.2, -0.15) is 0 Å². The normalized spacial score (nSPS) is 27.0. The fraction of sp³-hybridized carbons (Fsp3) is 0.812. The van der Waals surface area contributed by atoms with Crippen LogP contribution in [0.1, 0.15) is 25.7 Å². The number of amides is 2. The molecule has 1 aliphatic heterocycles. The number of likely N-dealkylation sites (N-methyl/N-ethyl adjacent to an activating group) is 1. The van der Waals surface area contributed by atoms with Crippen molar-refractivity contribution in [1.29, 1.82) is 0 Å². The van der Waals surface area contributed by atoms with Crippen molar-refractivity contribution < 1.29 is 9.53 Å². The van der Waals surface area contributed by atoms with E-state index in [9.17, 15) is 4.79 Å². The maximum Gasteiger partial charge on any atom is 0.317 e. The van der Waals surface area contributed by atoms with E-state index in [4.69, 9.17) is 4.74 Å². The molecule has 0 spiro atoms. The maximum absolute atomic E-state index is 12.5. The van der Waals surface area contributed by atoms with Gasteiger partial charge in [0.2, 0.25) is 0 Å². The molecular weight excluding hydrogens is 266 g/mol. The fourth-order valence-corrected chi connectivity index (χ4v) is 3.08. The molecule has 1 saturated heterocycles. The lowest BCUT2D eigenvalue weighted by Crippen LogP contribution is -2.51. The third-order valence-electron chi connectivity index (χ3n) is 4.56. The molecule has 0 aromatic rings. The zero-order valence-corrected chi connectivity index (χ0v) is 13.0. The summed E-state index contributed by atoms with van der Waals surface area (Å²) in [7, 11) is 2.12. The minimum absolute atomic E-state index is 0.0902. The molecule has 118 valence electrons. The zero-order valence-electron chi connectivity index (χ0n) is 13.0. The van der Waals surface area contributed by atoms with Crippen LogP contribution in [0.15, 0.2) is 12.2 Å². The SMILES string of the molecule is CN1CCOC(CN(CC2CC2)C(=O)NC2CC=CC2)C1. The van der Waals surface area contributed by atoms with Crippen LogP contribution in [0.25, 0.3) is 0 Å². The molecule has 1 saturated carbocycles. The third-order valence-corrected chi connectivity index (χ3v) is 4.56. The van der Waals surface area contributed by atoms with E-state index in [0.29, 0.717) is 12.5 Å². The Kier molecular flexibility index (Phi) is 4.80. The largest absolute Gasteiger partial charge is 0.374 e. The first-order valence-corrected chi connectivity index (χ1v) is 8.21. The second-order valence-electron chi connectivity index (χ2n) is 6.69. The summed E-state index contributed by atoms with van der Waals surface area (Å²) >= 11 is 0. The number of nitrogens with zero attached hydrogens (tertiary/aromatic N) is 2. The highest BCUT2D eigenvalue weighted by Crippen LogP contribution is 2.30. The van der Waals surface area contributed by atoms with Crippen LogP contribution in [0, 0.1) is 5.92 Å². The van der Waals surface area contributed by atoms with Gasteiger partial charge in [0.15, 0.2) is 0 Å². The van der Waals surface area contributed by atoms with Crippen LogP contribution in [0.5, 0.6) is 0 Å². The lowest BCUT2D eigenvalue weighted by Gasteiger charge is -2.34. The van der Waals surface area contributed by atoms with Crippen molar-refractivity contribution in [3.8, 4) is 0 Å². The van der Waals surface area contributed by atoms with Gasteiger partial charge in [-0.3, -0.25) is 0 Å². The smallest absolute Gasteiger partial charge is 0.317 e. The number of hydrogen-bond donors (Lipinski definition) is 1. The second-order valence-corrected chi connectivity index (χ2v) is 6.69. The Morgan fingerprint density at radius 2 is 2.10 bits per heavy atom. The average molecular weight is 293 g/mol. The van der Waals surface area contributed by atoms with Gasteiger partial charge in [0.25, 0.3) is 0 Å². The van der Waals surface area contributed by atoms with Gasteiger partial charge in [-0.1, -0.05) is 12.2 Å². The quantitative estimate of drug-likeness (QED) is 0.781. The molecule has 3 rings (SSSR count). The van der Waals surface area contributed by atoms with Crippen LogP contribution in [-0.2, 0) is 4.74 Å². The molecule has 2 aliphatic carbocycles. The van der Waals surface area contributed by atoms with Gasteiger partial charge in [0.1, 0.15) is 0 Å². The van der Waals surface area contributed by atoms with Crippen molar-refractivity contribution in [2.24, 2.45) is 5.92 Å². The zero-order chi connectivity index (χ0) is 14.7. The van der Waals surface area contributed by atoms with E-state index in [-0.39, 0.29) is 18.2 Å². The Balaban J connectivity index is 1.52. The van der Waals surface area contributed by atoms with Gasteiger partial charge < -0.3 is 19.9 Å².